The fourth-order valence-corrected chi connectivity index (χ4v) is 0.442. The minimum absolute atomic E-state index is 0.0310. The third-order valence-electron chi connectivity index (χ3n) is 1.10. The molecule has 0 fully saturated rings. The summed E-state index contributed by atoms with van der Waals surface area (Å²) >= 11 is 0. The average Bonchev–Trinajstić information content (AvgIpc) is 1.87. The van der Waals surface area contributed by atoms with Crippen molar-refractivity contribution >= 4 is 5.96 Å². The first-order valence-electron chi connectivity index (χ1n) is 3.13. The van der Waals surface area contributed by atoms with Crippen LogP contribution in [0.5, 0.6) is 0 Å². The van der Waals surface area contributed by atoms with Crippen LogP contribution in [0, 0.1) is 0 Å². The van der Waals surface area contributed by atoms with Gasteiger partial charge in [-0.15, -0.1) is 0 Å². The number of aliphatic hydroxyl groups excluding tert-OH is 1. The Balaban J connectivity index is 3.88. The zero-order chi connectivity index (χ0) is 8.20. The standard InChI is InChI=1S/C6H15N3O/c1-6(2,4-10)9-5(7)8-3/h10H,4H2,1-3H3,(H3,7,8,9). The molecule has 4 nitrogen and oxygen atoms in total. The van der Waals surface area contributed by atoms with Gasteiger partial charge in [-0.1, -0.05) is 0 Å². The Morgan fingerprint density at radius 1 is 1.70 bits per heavy atom. The minimum Gasteiger partial charge on any atom is -0.394 e. The quantitative estimate of drug-likeness (QED) is 0.355. The summed E-state index contributed by atoms with van der Waals surface area (Å²) in [7, 11) is 1.59. The van der Waals surface area contributed by atoms with Crippen molar-refractivity contribution in [2.24, 2.45) is 10.7 Å². The first-order chi connectivity index (χ1) is 4.52. The number of nitrogens with one attached hydrogen (secondary N) is 1. The van der Waals surface area contributed by atoms with E-state index in [9.17, 15) is 0 Å². The van der Waals surface area contributed by atoms with Gasteiger partial charge in [-0.25, -0.2) is 0 Å². The van der Waals surface area contributed by atoms with E-state index in [1.807, 2.05) is 13.8 Å². The molecule has 0 aliphatic heterocycles. The maximum atomic E-state index is 8.77. The number of hydrogen-bond donors (Lipinski definition) is 3. The number of nitrogens with two attached hydrogens (primary N) is 1. The van der Waals surface area contributed by atoms with E-state index < -0.39 is 0 Å². The van der Waals surface area contributed by atoms with Crippen molar-refractivity contribution in [1.29, 1.82) is 0 Å². The zero-order valence-corrected chi connectivity index (χ0v) is 6.68. The van der Waals surface area contributed by atoms with Gasteiger partial charge in [-0.05, 0) is 13.8 Å². The largest absolute Gasteiger partial charge is 0.394 e. The Kier molecular flexibility index (Phi) is 3.15. The molecule has 0 spiro atoms. The summed E-state index contributed by atoms with van der Waals surface area (Å²) in [6.07, 6.45) is 0. The number of rotatable bonds is 2. The van der Waals surface area contributed by atoms with E-state index in [4.69, 9.17) is 10.8 Å². The molecule has 0 aliphatic carbocycles. The van der Waals surface area contributed by atoms with Crippen molar-refractivity contribution in [3.05, 3.63) is 0 Å². The molecule has 0 radical (unpaired) electrons. The third kappa shape index (κ3) is 3.29. The molecule has 0 atom stereocenters. The summed E-state index contributed by atoms with van der Waals surface area (Å²) < 4.78 is 0. The molecule has 0 aromatic heterocycles. The highest BCUT2D eigenvalue weighted by atomic mass is 16.3. The van der Waals surface area contributed by atoms with Gasteiger partial charge >= 0.3 is 0 Å². The molecule has 10 heavy (non-hydrogen) atoms. The van der Waals surface area contributed by atoms with Gasteiger partial charge in [-0.3, -0.25) is 4.99 Å². The van der Waals surface area contributed by atoms with Gasteiger partial charge in [0.1, 0.15) is 0 Å². The Bertz CT molecular complexity index is 131. The van der Waals surface area contributed by atoms with Crippen molar-refractivity contribution in [3.63, 3.8) is 0 Å². The van der Waals surface area contributed by atoms with Crippen LogP contribution in [0.1, 0.15) is 13.8 Å². The van der Waals surface area contributed by atoms with Crippen LogP contribution in [-0.4, -0.2) is 30.3 Å². The fourth-order valence-electron chi connectivity index (χ4n) is 0.442. The summed E-state index contributed by atoms with van der Waals surface area (Å²) in [6, 6.07) is 0. The van der Waals surface area contributed by atoms with Crippen LogP contribution in [0.25, 0.3) is 0 Å². The van der Waals surface area contributed by atoms with Crippen molar-refractivity contribution in [2.45, 2.75) is 19.4 Å². The molecule has 4 N–H and O–H groups in total. The molecule has 4 heteroatoms. The highest BCUT2D eigenvalue weighted by molar-refractivity contribution is 5.78. The van der Waals surface area contributed by atoms with Crippen molar-refractivity contribution in [2.75, 3.05) is 13.7 Å². The second kappa shape index (κ2) is 3.41. The lowest BCUT2D eigenvalue weighted by atomic mass is 10.1. The van der Waals surface area contributed by atoms with Gasteiger partial charge in [0.2, 0.25) is 0 Å². The molecule has 60 valence electrons. The second-order valence-corrected chi connectivity index (χ2v) is 2.78. The number of nitrogens with zero attached hydrogens (tertiary/aromatic N) is 1. The van der Waals surface area contributed by atoms with E-state index in [2.05, 4.69) is 10.3 Å². The van der Waals surface area contributed by atoms with Crippen LogP contribution < -0.4 is 11.1 Å². The number of guanidine groups is 1. The van der Waals surface area contributed by atoms with Gasteiger partial charge in [0.05, 0.1) is 12.1 Å². The Hall–Kier alpha value is -0.770. The molecule has 0 rings (SSSR count). The fraction of sp³-hybridized carbons (Fsp3) is 0.833. The van der Waals surface area contributed by atoms with Crippen LogP contribution in [-0.2, 0) is 0 Å². The minimum atomic E-state index is -0.385. The van der Waals surface area contributed by atoms with E-state index >= 15 is 0 Å². The zero-order valence-electron chi connectivity index (χ0n) is 6.68. The van der Waals surface area contributed by atoms with Crippen LogP contribution in [0.2, 0.25) is 0 Å². The first kappa shape index (κ1) is 9.23. The van der Waals surface area contributed by atoms with E-state index in [1.165, 1.54) is 0 Å². The lowest BCUT2D eigenvalue weighted by molar-refractivity contribution is 0.206. The number of hydrogen-bond acceptors (Lipinski definition) is 2. The van der Waals surface area contributed by atoms with E-state index in [-0.39, 0.29) is 12.1 Å². The topological polar surface area (TPSA) is 70.6 Å². The van der Waals surface area contributed by atoms with Crippen molar-refractivity contribution in [1.82, 2.24) is 5.32 Å². The molecule has 0 unspecified atom stereocenters. The Morgan fingerprint density at radius 3 is 2.50 bits per heavy atom. The van der Waals surface area contributed by atoms with Gasteiger partial charge < -0.3 is 16.2 Å². The first-order valence-corrected chi connectivity index (χ1v) is 3.13. The summed E-state index contributed by atoms with van der Waals surface area (Å²) in [4.78, 5) is 3.69. The maximum Gasteiger partial charge on any atom is 0.188 e. The van der Waals surface area contributed by atoms with Gasteiger partial charge in [0.15, 0.2) is 5.96 Å². The predicted molar refractivity (Wildman–Crippen MR) is 41.8 cm³/mol. The van der Waals surface area contributed by atoms with E-state index in [0.29, 0.717) is 5.96 Å². The summed E-state index contributed by atoms with van der Waals surface area (Å²) in [6.45, 7) is 3.71. The van der Waals surface area contributed by atoms with Crippen LogP contribution in [0.3, 0.4) is 0 Å². The maximum absolute atomic E-state index is 8.77. The van der Waals surface area contributed by atoms with Gasteiger partial charge in [0.25, 0.3) is 0 Å². The lowest BCUT2D eigenvalue weighted by Crippen LogP contribution is -2.49. The molecule has 0 saturated carbocycles. The molecule has 0 aromatic carbocycles. The molecule has 0 heterocycles. The van der Waals surface area contributed by atoms with E-state index in [1.54, 1.807) is 7.05 Å². The van der Waals surface area contributed by atoms with E-state index in [0.717, 1.165) is 0 Å². The molecular formula is C6H15N3O. The van der Waals surface area contributed by atoms with Crippen LogP contribution >= 0.6 is 0 Å². The summed E-state index contributed by atoms with van der Waals surface area (Å²) in [5, 5.41) is 11.6. The Labute approximate surface area is 61.1 Å². The van der Waals surface area contributed by atoms with Crippen LogP contribution in [0.4, 0.5) is 0 Å². The molecule has 0 aliphatic rings. The number of aliphatic imine (C=N–C) groups is 1. The monoisotopic (exact) mass is 145 g/mol. The second-order valence-electron chi connectivity index (χ2n) is 2.78. The van der Waals surface area contributed by atoms with Crippen LogP contribution in [0.15, 0.2) is 4.99 Å². The molecule has 0 aromatic rings. The van der Waals surface area contributed by atoms with Crippen molar-refractivity contribution < 1.29 is 5.11 Å². The predicted octanol–water partition coefficient (Wildman–Crippen LogP) is -0.709. The molecular weight excluding hydrogens is 130 g/mol. The normalized spacial score (nSPS) is 13.4. The highest BCUT2D eigenvalue weighted by Gasteiger charge is 2.15. The molecule has 0 amide bonds. The molecule has 0 saturated heterocycles. The molecule has 0 bridgehead atoms. The van der Waals surface area contributed by atoms with Gasteiger partial charge in [0, 0.05) is 7.05 Å². The van der Waals surface area contributed by atoms with Crippen molar-refractivity contribution in [3.8, 4) is 0 Å². The third-order valence-corrected chi connectivity index (χ3v) is 1.10. The number of aliphatic hydroxyl groups is 1. The lowest BCUT2D eigenvalue weighted by Gasteiger charge is -2.23. The smallest absolute Gasteiger partial charge is 0.188 e. The van der Waals surface area contributed by atoms with Gasteiger partial charge in [-0.2, -0.15) is 0 Å². The Morgan fingerprint density at radius 2 is 2.20 bits per heavy atom. The summed E-state index contributed by atoms with van der Waals surface area (Å²) in [5.74, 6) is 0.346. The SMILES string of the molecule is CN=C(N)NC(C)(C)CO. The highest BCUT2D eigenvalue weighted by Crippen LogP contribution is 1.97. The summed E-state index contributed by atoms with van der Waals surface area (Å²) in [5.41, 5.74) is 4.98. The average molecular weight is 145 g/mol.